The maximum absolute atomic E-state index is 13.2. The third-order valence-corrected chi connectivity index (χ3v) is 8.25. The van der Waals surface area contributed by atoms with Gasteiger partial charge in [-0.15, -0.1) is 0 Å². The van der Waals surface area contributed by atoms with Crippen molar-refractivity contribution in [2.45, 2.75) is 45.6 Å². The highest BCUT2D eigenvalue weighted by atomic mass is 16.5. The molecule has 0 aliphatic rings. The Labute approximate surface area is 280 Å². The molecule has 2 aromatic heterocycles. The molecule has 0 aliphatic heterocycles. The van der Waals surface area contributed by atoms with Crippen molar-refractivity contribution in [2.75, 3.05) is 19.7 Å². The number of aryl methyl sites for hydroxylation is 1. The number of hydrogen-bond acceptors (Lipinski definition) is 6. The minimum absolute atomic E-state index is 0.0678. The molecule has 0 saturated carbocycles. The lowest BCUT2D eigenvalue weighted by atomic mass is 10.1. The number of hydrogen-bond donors (Lipinski definition) is 4. The largest absolute Gasteiger partial charge is 0.492 e. The Hall–Kier alpha value is -5.48. The summed E-state index contributed by atoms with van der Waals surface area (Å²) in [5, 5.41) is 12.8. The maximum Gasteiger partial charge on any atom is 0.243 e. The van der Waals surface area contributed by atoms with Crippen LogP contribution in [0.4, 0.5) is 0 Å². The number of aromatic amines is 1. The number of para-hydroxylation sites is 1. The topological polar surface area (TPSA) is 137 Å². The SMILES string of the molecule is Cc1[nH]c2ccccc2c1CCN(CCOc1ccc(-c2ccc(CC(=O)NCc3ccccc3)nc2)cc1)C(=O)CCCC(=O)NO. The summed E-state index contributed by atoms with van der Waals surface area (Å²) in [5.74, 6) is 0.0203. The van der Waals surface area contributed by atoms with Crippen molar-refractivity contribution >= 4 is 28.6 Å². The van der Waals surface area contributed by atoms with Gasteiger partial charge in [0.1, 0.15) is 12.4 Å². The summed E-state index contributed by atoms with van der Waals surface area (Å²) in [5.41, 5.74) is 8.57. The zero-order valence-corrected chi connectivity index (χ0v) is 27.1. The molecule has 10 nitrogen and oxygen atoms in total. The lowest BCUT2D eigenvalue weighted by Crippen LogP contribution is -2.36. The van der Waals surface area contributed by atoms with Gasteiger partial charge in [-0.25, -0.2) is 5.48 Å². The molecule has 3 amide bonds. The number of fused-ring (bicyclic) bond motifs is 1. The first-order chi connectivity index (χ1) is 23.4. The van der Waals surface area contributed by atoms with Gasteiger partial charge in [0.05, 0.1) is 13.0 Å². The molecular formula is C38H41N5O5. The molecule has 0 atom stereocenters. The molecule has 0 unspecified atom stereocenters. The molecule has 0 saturated heterocycles. The molecule has 10 heteroatoms. The molecular weight excluding hydrogens is 606 g/mol. The van der Waals surface area contributed by atoms with Crippen molar-refractivity contribution in [2.24, 2.45) is 0 Å². The second-order valence-corrected chi connectivity index (χ2v) is 11.6. The van der Waals surface area contributed by atoms with Crippen molar-refractivity contribution in [1.29, 1.82) is 0 Å². The van der Waals surface area contributed by atoms with E-state index in [4.69, 9.17) is 9.94 Å². The Balaban J connectivity index is 1.13. The van der Waals surface area contributed by atoms with Gasteiger partial charge in [0.15, 0.2) is 0 Å². The van der Waals surface area contributed by atoms with E-state index in [1.807, 2.05) is 91.9 Å². The molecule has 2 heterocycles. The number of benzene rings is 3. The number of amides is 3. The van der Waals surface area contributed by atoms with E-state index in [2.05, 4.69) is 21.4 Å². The molecule has 0 fully saturated rings. The predicted octanol–water partition coefficient (Wildman–Crippen LogP) is 5.52. The Bertz CT molecular complexity index is 1800. The monoisotopic (exact) mass is 647 g/mol. The number of pyridine rings is 1. The number of carbonyl (C=O) groups is 3. The van der Waals surface area contributed by atoms with Crippen molar-refractivity contribution in [1.82, 2.24) is 25.7 Å². The highest BCUT2D eigenvalue weighted by Gasteiger charge is 2.17. The zero-order chi connectivity index (χ0) is 33.7. The molecule has 3 aromatic carbocycles. The fourth-order valence-electron chi connectivity index (χ4n) is 5.62. The smallest absolute Gasteiger partial charge is 0.243 e. The molecule has 0 spiro atoms. The molecule has 5 aromatic rings. The van der Waals surface area contributed by atoms with Crippen LogP contribution in [0.25, 0.3) is 22.0 Å². The quantitative estimate of drug-likeness (QED) is 0.0822. The number of carbonyl (C=O) groups excluding carboxylic acids is 3. The molecule has 5 rings (SSSR count). The molecule has 248 valence electrons. The lowest BCUT2D eigenvalue weighted by Gasteiger charge is -2.23. The first-order valence-corrected chi connectivity index (χ1v) is 16.2. The fourth-order valence-corrected chi connectivity index (χ4v) is 5.62. The standard InChI is InChI=1S/C38H41N5O5/c1-27-33(34-10-5-6-11-35(34)41-27)20-21-43(38(46)13-7-12-36(44)42-47)22-23-48-32-18-15-29(16-19-32)30-14-17-31(39-26-30)24-37(45)40-25-28-8-3-2-4-9-28/h2-6,8-11,14-19,26,41,47H,7,12-13,20-25H2,1H3,(H,40,45)(H,42,44). The second kappa shape index (κ2) is 16.9. The van der Waals surface area contributed by atoms with E-state index >= 15 is 0 Å². The van der Waals surface area contributed by atoms with Gasteiger partial charge in [0.25, 0.3) is 0 Å². The van der Waals surface area contributed by atoms with E-state index in [1.165, 1.54) is 5.56 Å². The maximum atomic E-state index is 13.2. The molecule has 0 bridgehead atoms. The third kappa shape index (κ3) is 9.52. The summed E-state index contributed by atoms with van der Waals surface area (Å²) in [6, 6.07) is 29.4. The van der Waals surface area contributed by atoms with E-state index in [-0.39, 0.29) is 31.1 Å². The average Bonchev–Trinajstić information content (AvgIpc) is 3.44. The summed E-state index contributed by atoms with van der Waals surface area (Å²) < 4.78 is 6.03. The van der Waals surface area contributed by atoms with Crippen LogP contribution in [0.3, 0.4) is 0 Å². The lowest BCUT2D eigenvalue weighted by molar-refractivity contribution is -0.132. The van der Waals surface area contributed by atoms with Gasteiger partial charge >= 0.3 is 0 Å². The van der Waals surface area contributed by atoms with Crippen LogP contribution in [0.15, 0.2) is 97.2 Å². The Kier molecular flexibility index (Phi) is 11.9. The van der Waals surface area contributed by atoms with Crippen molar-refractivity contribution < 1.29 is 24.3 Å². The molecule has 0 radical (unpaired) electrons. The zero-order valence-electron chi connectivity index (χ0n) is 27.1. The number of nitrogens with zero attached hydrogens (tertiary/aromatic N) is 2. The van der Waals surface area contributed by atoms with Crippen LogP contribution in [-0.4, -0.2) is 57.5 Å². The van der Waals surface area contributed by atoms with E-state index in [9.17, 15) is 14.4 Å². The number of aromatic nitrogens is 2. The van der Waals surface area contributed by atoms with Gasteiger partial charge < -0.3 is 19.9 Å². The van der Waals surface area contributed by atoms with Crippen LogP contribution in [-0.2, 0) is 33.8 Å². The summed E-state index contributed by atoms with van der Waals surface area (Å²) in [6.07, 6.45) is 3.26. The molecule has 4 N–H and O–H groups in total. The van der Waals surface area contributed by atoms with Gasteiger partial charge in [-0.2, -0.15) is 0 Å². The van der Waals surface area contributed by atoms with Gasteiger partial charge in [-0.05, 0) is 60.7 Å². The first kappa shape index (κ1) is 33.9. The van der Waals surface area contributed by atoms with Gasteiger partial charge in [-0.3, -0.25) is 24.6 Å². The van der Waals surface area contributed by atoms with Gasteiger partial charge in [0, 0.05) is 60.0 Å². The van der Waals surface area contributed by atoms with Crippen LogP contribution < -0.4 is 15.5 Å². The fraction of sp³-hybridized carbons (Fsp3) is 0.263. The summed E-state index contributed by atoms with van der Waals surface area (Å²) >= 11 is 0. The third-order valence-electron chi connectivity index (χ3n) is 8.25. The summed E-state index contributed by atoms with van der Waals surface area (Å²) in [6.45, 7) is 3.72. The Morgan fingerprint density at radius 2 is 1.60 bits per heavy atom. The molecule has 48 heavy (non-hydrogen) atoms. The van der Waals surface area contributed by atoms with E-state index in [0.717, 1.165) is 33.3 Å². The van der Waals surface area contributed by atoms with Crippen LogP contribution in [0.5, 0.6) is 5.75 Å². The van der Waals surface area contributed by atoms with Gasteiger partial charge in [-0.1, -0.05) is 66.7 Å². The average molecular weight is 648 g/mol. The summed E-state index contributed by atoms with van der Waals surface area (Å²) in [7, 11) is 0. The number of H-pyrrole nitrogens is 1. The highest BCUT2D eigenvalue weighted by molar-refractivity contribution is 5.85. The predicted molar refractivity (Wildman–Crippen MR) is 184 cm³/mol. The second-order valence-electron chi connectivity index (χ2n) is 11.6. The van der Waals surface area contributed by atoms with Crippen LogP contribution in [0.1, 0.15) is 41.8 Å². The van der Waals surface area contributed by atoms with E-state index in [1.54, 1.807) is 16.6 Å². The summed E-state index contributed by atoms with van der Waals surface area (Å²) in [4.78, 5) is 46.7. The minimum atomic E-state index is -0.510. The number of nitrogens with one attached hydrogen (secondary N) is 3. The number of rotatable bonds is 16. The van der Waals surface area contributed by atoms with Crippen LogP contribution in [0.2, 0.25) is 0 Å². The molecule has 0 aliphatic carbocycles. The highest BCUT2D eigenvalue weighted by Crippen LogP contribution is 2.24. The van der Waals surface area contributed by atoms with Crippen molar-refractivity contribution in [3.05, 3.63) is 120 Å². The van der Waals surface area contributed by atoms with Crippen LogP contribution in [0, 0.1) is 6.92 Å². The van der Waals surface area contributed by atoms with Crippen LogP contribution >= 0.6 is 0 Å². The van der Waals surface area contributed by atoms with Crippen molar-refractivity contribution in [3.8, 4) is 16.9 Å². The van der Waals surface area contributed by atoms with Crippen molar-refractivity contribution in [3.63, 3.8) is 0 Å². The van der Waals surface area contributed by atoms with E-state index in [0.29, 0.717) is 50.5 Å². The number of hydroxylamine groups is 1. The van der Waals surface area contributed by atoms with E-state index < -0.39 is 5.91 Å². The number of ether oxygens (including phenoxy) is 1. The Morgan fingerprint density at radius 1 is 0.854 bits per heavy atom. The minimum Gasteiger partial charge on any atom is -0.492 e. The van der Waals surface area contributed by atoms with Gasteiger partial charge in [0.2, 0.25) is 17.7 Å². The normalized spacial score (nSPS) is 10.9. The first-order valence-electron chi connectivity index (χ1n) is 16.2. The Morgan fingerprint density at radius 3 is 2.35 bits per heavy atom.